The van der Waals surface area contributed by atoms with Gasteiger partial charge in [-0.25, -0.2) is 14.6 Å². The number of rotatable bonds is 30. The van der Waals surface area contributed by atoms with Crippen molar-refractivity contribution in [2.75, 3.05) is 48.3 Å². The fraction of sp³-hybridized carbons (Fsp3) is 0.561. The zero-order valence-corrected chi connectivity index (χ0v) is 52.7. The third kappa shape index (κ3) is 19.4. The van der Waals surface area contributed by atoms with E-state index in [1.807, 2.05) is 97.9 Å². The molecule has 4 aromatic carbocycles. The van der Waals surface area contributed by atoms with Gasteiger partial charge in [0.05, 0.1) is 31.5 Å². The summed E-state index contributed by atoms with van der Waals surface area (Å²) in [5, 5.41) is 0. The van der Waals surface area contributed by atoms with Crippen molar-refractivity contribution in [3.05, 3.63) is 144 Å². The lowest BCUT2D eigenvalue weighted by molar-refractivity contribution is -0.391. The maximum atomic E-state index is 15.1. The monoisotopic (exact) mass is 1280 g/mol. The highest BCUT2D eigenvalue weighted by Gasteiger charge is 2.60. The maximum absolute atomic E-state index is 15.1. The average molecular weight is 1280 g/mol. The SMILES string of the molecule is COC1C(OC)[C@H](C)[C@H](COOCc2ccccc2)O[C@@H]1O[C@@H]1C(COC(C)=O)O[C@@H](O[C@H]2C(C(=O)OCc3ccccc3)O[C@@H](O[C@@H]3C(COC(C)=O)O[C@H](C)C(OCc4ccccc4)C3OC(C)=O)[C@@H](OC)C2OC)C(OCc2ccccc2)[C@H]1OC(C)=O. The molecule has 91 heavy (non-hydrogen) atoms. The predicted octanol–water partition coefficient (Wildman–Crippen LogP) is 5.85. The minimum atomic E-state index is -1.81. The van der Waals surface area contributed by atoms with Crippen molar-refractivity contribution in [1.29, 1.82) is 0 Å². The van der Waals surface area contributed by atoms with Crippen LogP contribution in [0.4, 0.5) is 0 Å². The molecular weight excluding hydrogens is 1190 g/mol. The quantitative estimate of drug-likeness (QED) is 0.0195. The second-order valence-corrected chi connectivity index (χ2v) is 22.3. The van der Waals surface area contributed by atoms with Gasteiger partial charge in [0.1, 0.15) is 94.1 Å². The number of carbonyl (C=O) groups excluding carboxylic acids is 5. The van der Waals surface area contributed by atoms with Gasteiger partial charge < -0.3 is 85.3 Å². The Labute approximate surface area is 529 Å². The summed E-state index contributed by atoms with van der Waals surface area (Å²) in [5.74, 6) is -4.19. The lowest BCUT2D eigenvalue weighted by atomic mass is 9.90. The molecule has 0 aliphatic carbocycles. The van der Waals surface area contributed by atoms with Crippen LogP contribution in [0.5, 0.6) is 0 Å². The number of methoxy groups -OCH3 is 4. The molecule has 0 aromatic heterocycles. The summed E-state index contributed by atoms with van der Waals surface area (Å²) in [7, 11) is 5.65. The number of benzene rings is 4. The molecule has 0 N–H and O–H groups in total. The smallest absolute Gasteiger partial charge is 0.338 e. The van der Waals surface area contributed by atoms with E-state index in [-0.39, 0.29) is 45.6 Å². The molecule has 498 valence electrons. The van der Waals surface area contributed by atoms with E-state index in [0.29, 0.717) is 11.1 Å². The Morgan fingerprint density at radius 3 is 1.25 bits per heavy atom. The number of carbonyl (C=O) groups is 5. The molecule has 25 heteroatoms. The van der Waals surface area contributed by atoms with Gasteiger partial charge >= 0.3 is 29.8 Å². The zero-order chi connectivity index (χ0) is 65.0. The van der Waals surface area contributed by atoms with Gasteiger partial charge in [-0.2, -0.15) is 0 Å². The fourth-order valence-electron chi connectivity index (χ4n) is 11.5. The molecule has 4 aromatic rings. The van der Waals surface area contributed by atoms with Crippen molar-refractivity contribution in [2.45, 2.75) is 185 Å². The van der Waals surface area contributed by atoms with E-state index < -0.39 is 153 Å². The molecule has 4 aliphatic heterocycles. The van der Waals surface area contributed by atoms with E-state index in [4.69, 9.17) is 95.0 Å². The second kappa shape index (κ2) is 35.1. The number of hydrogen-bond acceptors (Lipinski definition) is 25. The fourth-order valence-corrected chi connectivity index (χ4v) is 11.5. The van der Waals surface area contributed by atoms with Crippen LogP contribution in [-0.4, -0.2) is 195 Å². The van der Waals surface area contributed by atoms with Crippen LogP contribution in [0.2, 0.25) is 0 Å². The van der Waals surface area contributed by atoms with Gasteiger partial charge in [0.2, 0.25) is 0 Å². The van der Waals surface area contributed by atoms with E-state index in [1.165, 1.54) is 56.1 Å². The molecule has 0 radical (unpaired) electrons. The first-order valence-electron chi connectivity index (χ1n) is 30.1. The van der Waals surface area contributed by atoms with E-state index in [2.05, 4.69) is 0 Å². The standard InChI is InChI=1S/C66H84O25/c1-38-48(37-82-81-34-47-29-21-14-22-30-47)86-64(60(74-9)51(38)72-7)88-54-50(36-77-41(4)68)87-66(62(57(54)85-43(6)70)79-32-45-25-17-12-18-26-45)90-58-55(73-8)61(75-10)65(91-59(58)63(71)80-33-46-27-19-13-20-28-46)89-53-49(35-76-40(3)67)83-39(2)52(56(53)84-42(5)69)78-31-44-23-15-11-16-24-44/h11-30,38-39,48-62,64-66H,31-37H2,1-10H3/t38-,39-,48+,49?,50?,51?,52?,53-,54-,55?,56?,57+,58-,59?,60?,61+,62?,64-,65-,66+/m1/s1. The van der Waals surface area contributed by atoms with E-state index in [0.717, 1.165) is 11.1 Å². The van der Waals surface area contributed by atoms with Gasteiger partial charge in [0, 0.05) is 62.1 Å². The van der Waals surface area contributed by atoms with Crippen LogP contribution in [-0.2, 0) is 145 Å². The highest BCUT2D eigenvalue weighted by Crippen LogP contribution is 2.40. The minimum absolute atomic E-state index is 0.0719. The molecule has 8 rings (SSSR count). The predicted molar refractivity (Wildman–Crippen MR) is 315 cm³/mol. The topological polar surface area (TPSA) is 270 Å². The summed E-state index contributed by atoms with van der Waals surface area (Å²) in [6.07, 6.45) is -24.5. The molecule has 4 heterocycles. The van der Waals surface area contributed by atoms with E-state index in [9.17, 15) is 19.2 Å². The first-order valence-corrected chi connectivity index (χ1v) is 30.1. The molecule has 9 unspecified atom stereocenters. The number of hydrogen-bond donors (Lipinski definition) is 0. The minimum Gasteiger partial charge on any atom is -0.463 e. The normalized spacial score (nSPS) is 31.6. The van der Waals surface area contributed by atoms with Crippen molar-refractivity contribution >= 4 is 29.8 Å². The summed E-state index contributed by atoms with van der Waals surface area (Å²) >= 11 is 0. The van der Waals surface area contributed by atoms with Crippen LogP contribution in [0.3, 0.4) is 0 Å². The van der Waals surface area contributed by atoms with E-state index >= 15 is 4.79 Å². The Hall–Kier alpha value is -6.37. The van der Waals surface area contributed by atoms with Crippen LogP contribution in [0, 0.1) is 5.92 Å². The molecule has 25 nitrogen and oxygen atoms in total. The number of ether oxygens (including phenoxy) is 18. The highest BCUT2D eigenvalue weighted by molar-refractivity contribution is 5.76. The lowest BCUT2D eigenvalue weighted by Gasteiger charge is -2.51. The van der Waals surface area contributed by atoms with Gasteiger partial charge in [0.15, 0.2) is 37.2 Å². The first-order chi connectivity index (χ1) is 44.0. The first kappa shape index (κ1) is 70.5. The van der Waals surface area contributed by atoms with Crippen molar-refractivity contribution in [2.24, 2.45) is 5.92 Å². The van der Waals surface area contributed by atoms with Crippen molar-refractivity contribution in [1.82, 2.24) is 0 Å². The maximum Gasteiger partial charge on any atom is 0.338 e. The van der Waals surface area contributed by atoms with Gasteiger partial charge in [-0.05, 0) is 29.2 Å². The summed E-state index contributed by atoms with van der Waals surface area (Å²) < 4.78 is 115. The zero-order valence-electron chi connectivity index (χ0n) is 52.7. The summed E-state index contributed by atoms with van der Waals surface area (Å²) in [6.45, 7) is 7.31. The Morgan fingerprint density at radius 2 is 0.769 bits per heavy atom. The highest BCUT2D eigenvalue weighted by atomic mass is 17.2. The molecule has 4 aliphatic rings. The third-order valence-electron chi connectivity index (χ3n) is 15.8. The lowest BCUT2D eigenvalue weighted by Crippen LogP contribution is -2.69. The Balaban J connectivity index is 1.17. The Morgan fingerprint density at radius 1 is 0.363 bits per heavy atom. The summed E-state index contributed by atoms with van der Waals surface area (Å²) in [5.41, 5.74) is 2.98. The molecule has 0 saturated carbocycles. The third-order valence-corrected chi connectivity index (χ3v) is 15.8. The largest absolute Gasteiger partial charge is 0.463 e. The summed E-state index contributed by atoms with van der Waals surface area (Å²) in [6, 6.07) is 36.7. The van der Waals surface area contributed by atoms with Crippen LogP contribution >= 0.6 is 0 Å². The van der Waals surface area contributed by atoms with Crippen molar-refractivity contribution in [3.8, 4) is 0 Å². The second-order valence-electron chi connectivity index (χ2n) is 22.3. The molecule has 0 amide bonds. The van der Waals surface area contributed by atoms with Crippen molar-refractivity contribution < 1.29 is 119 Å². The molecule has 20 atom stereocenters. The average Bonchev–Trinajstić information content (AvgIpc) is 0.941. The van der Waals surface area contributed by atoms with Gasteiger partial charge in [0.25, 0.3) is 0 Å². The summed E-state index contributed by atoms with van der Waals surface area (Å²) in [4.78, 5) is 78.4. The van der Waals surface area contributed by atoms with Gasteiger partial charge in [-0.3, -0.25) is 19.2 Å². The molecule has 4 fully saturated rings. The van der Waals surface area contributed by atoms with Gasteiger partial charge in [-0.1, -0.05) is 128 Å². The van der Waals surface area contributed by atoms with Crippen LogP contribution < -0.4 is 0 Å². The molecule has 4 saturated heterocycles. The number of esters is 5. The molecule has 0 spiro atoms. The van der Waals surface area contributed by atoms with Crippen LogP contribution in [0.15, 0.2) is 121 Å². The van der Waals surface area contributed by atoms with Gasteiger partial charge in [-0.15, -0.1) is 0 Å². The van der Waals surface area contributed by atoms with Crippen molar-refractivity contribution in [3.63, 3.8) is 0 Å². The molecular formula is C66H84O25. The Kier molecular flexibility index (Phi) is 27.2. The Bertz CT molecular complexity index is 2860. The van der Waals surface area contributed by atoms with Crippen LogP contribution in [0.25, 0.3) is 0 Å². The van der Waals surface area contributed by atoms with E-state index in [1.54, 1.807) is 37.3 Å². The molecule has 0 bridgehead atoms. The van der Waals surface area contributed by atoms with Crippen LogP contribution in [0.1, 0.15) is 63.8 Å².